The molecule has 1 unspecified atom stereocenters. The van der Waals surface area contributed by atoms with Gasteiger partial charge < -0.3 is 15.0 Å². The smallest absolute Gasteiger partial charge is 0.408 e. The number of piperidine rings is 1. The van der Waals surface area contributed by atoms with E-state index in [1.165, 1.54) is 11.0 Å². The summed E-state index contributed by atoms with van der Waals surface area (Å²) in [6.07, 6.45) is 0.523. The molecule has 7 heteroatoms. The number of carbonyl (C=O) groups is 1. The Hall–Kier alpha value is -3.27. The number of rotatable bonds is 2. The predicted molar refractivity (Wildman–Crippen MR) is 115 cm³/mol. The fraction of sp³-hybridized carbons (Fsp3) is 0.391. The maximum absolute atomic E-state index is 15.3. The van der Waals surface area contributed by atoms with Crippen molar-refractivity contribution in [2.45, 2.75) is 45.2 Å². The van der Waals surface area contributed by atoms with Gasteiger partial charge in [-0.05, 0) is 45.7 Å². The Labute approximate surface area is 174 Å². The van der Waals surface area contributed by atoms with Gasteiger partial charge in [-0.25, -0.2) is 9.18 Å². The summed E-state index contributed by atoms with van der Waals surface area (Å²) >= 11 is 0. The number of hydrogen-bond acceptors (Lipinski definition) is 3. The van der Waals surface area contributed by atoms with Crippen LogP contribution in [0.2, 0.25) is 0 Å². The number of hydrogen-bond donors (Lipinski definition) is 2. The number of nitrogens with one attached hydrogen (secondary N) is 1. The first-order chi connectivity index (χ1) is 14.2. The Balaban J connectivity index is 1.86. The molecule has 1 fully saturated rings. The average Bonchev–Trinajstić information content (AvgIpc) is 3.05. The molecule has 30 heavy (non-hydrogen) atoms. The summed E-state index contributed by atoms with van der Waals surface area (Å²) in [5.74, 6) is -0.456. The second kappa shape index (κ2) is 7.21. The molecule has 0 saturated carbocycles. The van der Waals surface area contributed by atoms with Crippen LogP contribution in [0.1, 0.15) is 39.2 Å². The molecule has 0 bridgehead atoms. The third-order valence-corrected chi connectivity index (χ3v) is 5.84. The van der Waals surface area contributed by atoms with Crippen molar-refractivity contribution < 1.29 is 14.3 Å². The SMILES string of the molecule is CC(C)(C)N(C(=O)O)C1CCCN(c2c(F)cc(C#N)c3[nH]c4ccccc4c23)C1. The highest BCUT2D eigenvalue weighted by molar-refractivity contribution is 6.15. The van der Waals surface area contributed by atoms with Crippen LogP contribution in [0.15, 0.2) is 30.3 Å². The lowest BCUT2D eigenvalue weighted by molar-refractivity contribution is 0.0648. The van der Waals surface area contributed by atoms with Crippen molar-refractivity contribution in [1.29, 1.82) is 5.26 Å². The first kappa shape index (κ1) is 20.0. The van der Waals surface area contributed by atoms with E-state index in [0.717, 1.165) is 23.7 Å². The van der Waals surface area contributed by atoms with Crippen molar-refractivity contribution in [2.75, 3.05) is 18.0 Å². The second-order valence-electron chi connectivity index (χ2n) is 8.85. The van der Waals surface area contributed by atoms with Gasteiger partial charge in [0.2, 0.25) is 0 Å². The van der Waals surface area contributed by atoms with Crippen LogP contribution in [-0.2, 0) is 0 Å². The van der Waals surface area contributed by atoms with Crippen LogP contribution < -0.4 is 4.90 Å². The Bertz CT molecular complexity index is 1170. The molecule has 1 aromatic heterocycles. The largest absolute Gasteiger partial charge is 0.465 e. The maximum Gasteiger partial charge on any atom is 0.408 e. The number of para-hydroxylation sites is 1. The number of amides is 1. The van der Waals surface area contributed by atoms with Crippen LogP contribution >= 0.6 is 0 Å². The number of halogens is 1. The van der Waals surface area contributed by atoms with E-state index in [-0.39, 0.29) is 11.6 Å². The van der Waals surface area contributed by atoms with E-state index in [1.54, 1.807) is 0 Å². The summed E-state index contributed by atoms with van der Waals surface area (Å²) < 4.78 is 15.3. The van der Waals surface area contributed by atoms with Gasteiger partial charge in [-0.3, -0.25) is 4.90 Å². The van der Waals surface area contributed by atoms with E-state index in [1.807, 2.05) is 49.9 Å². The molecule has 156 valence electrons. The monoisotopic (exact) mass is 408 g/mol. The molecule has 1 atom stereocenters. The zero-order valence-electron chi connectivity index (χ0n) is 17.4. The van der Waals surface area contributed by atoms with Crippen molar-refractivity contribution in [3.8, 4) is 6.07 Å². The highest BCUT2D eigenvalue weighted by Gasteiger charge is 2.37. The summed E-state index contributed by atoms with van der Waals surface area (Å²) in [6, 6.07) is 10.7. The second-order valence-corrected chi connectivity index (χ2v) is 8.85. The number of H-pyrrole nitrogens is 1. The number of aromatic amines is 1. The topological polar surface area (TPSA) is 83.4 Å². The quantitative estimate of drug-likeness (QED) is 0.619. The van der Waals surface area contributed by atoms with Gasteiger partial charge in [-0.2, -0.15) is 5.26 Å². The van der Waals surface area contributed by atoms with Gasteiger partial charge in [0, 0.05) is 34.9 Å². The molecule has 0 spiro atoms. The molecule has 6 nitrogen and oxygen atoms in total. The molecule has 1 aliphatic heterocycles. The fourth-order valence-electron chi connectivity index (χ4n) is 4.73. The summed E-state index contributed by atoms with van der Waals surface area (Å²) in [4.78, 5) is 18.7. The number of benzene rings is 2. The van der Waals surface area contributed by atoms with E-state index in [2.05, 4.69) is 11.1 Å². The number of nitrogens with zero attached hydrogens (tertiary/aromatic N) is 3. The zero-order valence-corrected chi connectivity index (χ0v) is 17.4. The van der Waals surface area contributed by atoms with Crippen molar-refractivity contribution >= 4 is 33.6 Å². The van der Waals surface area contributed by atoms with Crippen molar-refractivity contribution in [3.05, 3.63) is 41.7 Å². The van der Waals surface area contributed by atoms with E-state index >= 15 is 4.39 Å². The predicted octanol–water partition coefficient (Wildman–Crippen LogP) is 5.08. The molecule has 0 radical (unpaired) electrons. The Morgan fingerprint density at radius 1 is 1.37 bits per heavy atom. The van der Waals surface area contributed by atoms with E-state index < -0.39 is 17.4 Å². The Kier molecular flexibility index (Phi) is 4.81. The number of nitriles is 1. The molecule has 2 aromatic carbocycles. The first-order valence-electron chi connectivity index (χ1n) is 10.1. The molecule has 0 aliphatic carbocycles. The minimum Gasteiger partial charge on any atom is -0.465 e. The number of aromatic nitrogens is 1. The van der Waals surface area contributed by atoms with Gasteiger partial charge in [0.15, 0.2) is 0 Å². The summed E-state index contributed by atoms with van der Waals surface area (Å²) in [7, 11) is 0. The van der Waals surface area contributed by atoms with Gasteiger partial charge in [-0.1, -0.05) is 18.2 Å². The average molecular weight is 408 g/mol. The van der Waals surface area contributed by atoms with Crippen LogP contribution in [0.5, 0.6) is 0 Å². The van der Waals surface area contributed by atoms with Gasteiger partial charge in [-0.15, -0.1) is 0 Å². The molecular formula is C23H25FN4O2. The van der Waals surface area contributed by atoms with Crippen LogP contribution in [0.25, 0.3) is 21.8 Å². The highest BCUT2D eigenvalue weighted by atomic mass is 19.1. The molecule has 2 N–H and O–H groups in total. The van der Waals surface area contributed by atoms with Crippen molar-refractivity contribution in [2.24, 2.45) is 0 Å². The van der Waals surface area contributed by atoms with Crippen molar-refractivity contribution in [1.82, 2.24) is 9.88 Å². The van der Waals surface area contributed by atoms with E-state index in [0.29, 0.717) is 29.7 Å². The lowest BCUT2D eigenvalue weighted by Gasteiger charge is -2.45. The van der Waals surface area contributed by atoms with Crippen LogP contribution in [0.3, 0.4) is 0 Å². The molecule has 1 amide bonds. The lowest BCUT2D eigenvalue weighted by atomic mass is 9.96. The summed E-state index contributed by atoms with van der Waals surface area (Å²) in [5.41, 5.74) is 1.59. The van der Waals surface area contributed by atoms with Gasteiger partial charge in [0.05, 0.1) is 22.8 Å². The number of fused-ring (bicyclic) bond motifs is 3. The highest BCUT2D eigenvalue weighted by Crippen LogP contribution is 2.39. The van der Waals surface area contributed by atoms with Gasteiger partial charge in [0.25, 0.3) is 0 Å². The Morgan fingerprint density at radius 2 is 2.10 bits per heavy atom. The molecule has 3 aromatic rings. The number of anilines is 1. The molecule has 1 saturated heterocycles. The zero-order chi connectivity index (χ0) is 21.6. The van der Waals surface area contributed by atoms with Crippen molar-refractivity contribution in [3.63, 3.8) is 0 Å². The van der Waals surface area contributed by atoms with Crippen LogP contribution in [0.4, 0.5) is 14.9 Å². The van der Waals surface area contributed by atoms with Gasteiger partial charge in [0.1, 0.15) is 11.9 Å². The fourth-order valence-corrected chi connectivity index (χ4v) is 4.73. The molecular weight excluding hydrogens is 383 g/mol. The van der Waals surface area contributed by atoms with E-state index in [9.17, 15) is 15.2 Å². The normalized spacial score (nSPS) is 17.3. The number of carboxylic acid groups (broad SMARTS) is 1. The first-order valence-corrected chi connectivity index (χ1v) is 10.1. The third kappa shape index (κ3) is 3.22. The third-order valence-electron chi connectivity index (χ3n) is 5.84. The molecule has 2 heterocycles. The van der Waals surface area contributed by atoms with E-state index in [4.69, 9.17) is 0 Å². The molecule has 1 aliphatic rings. The van der Waals surface area contributed by atoms with Crippen LogP contribution in [0, 0.1) is 17.1 Å². The Morgan fingerprint density at radius 3 is 2.77 bits per heavy atom. The molecule has 4 rings (SSSR count). The minimum absolute atomic E-state index is 0.244. The summed E-state index contributed by atoms with van der Waals surface area (Å²) in [5, 5.41) is 20.9. The minimum atomic E-state index is -0.966. The summed E-state index contributed by atoms with van der Waals surface area (Å²) in [6.45, 7) is 6.66. The standard InChI is InChI=1S/C23H25FN4O2/c1-23(2,3)28(22(29)30)15-7-6-10-27(13-15)21-17(24)11-14(12-25)20-19(21)16-8-4-5-9-18(16)26-20/h4-5,8-9,11,15,26H,6-7,10,13H2,1-3H3,(H,29,30). The van der Waals surface area contributed by atoms with Gasteiger partial charge >= 0.3 is 6.09 Å². The maximum atomic E-state index is 15.3. The lowest BCUT2D eigenvalue weighted by Crippen LogP contribution is -2.57. The van der Waals surface area contributed by atoms with Crippen LogP contribution in [-0.4, -0.2) is 45.8 Å².